The quantitative estimate of drug-likeness (QED) is 0.375. The molecule has 0 saturated carbocycles. The van der Waals surface area contributed by atoms with Crippen molar-refractivity contribution in [2.24, 2.45) is 10.7 Å². The molecule has 0 atom stereocenters. The lowest BCUT2D eigenvalue weighted by atomic mass is 10.2. The maximum atomic E-state index is 10.6. The number of aromatic hydroxyl groups is 1. The Bertz CT molecular complexity index is 785. The molecule has 1 fully saturated rings. The summed E-state index contributed by atoms with van der Waals surface area (Å²) < 4.78 is 0. The molecule has 0 amide bonds. The lowest BCUT2D eigenvalue weighted by molar-refractivity contribution is -0.385. The second-order valence-electron chi connectivity index (χ2n) is 5.60. The highest BCUT2D eigenvalue weighted by Gasteiger charge is 2.19. The molecule has 0 aliphatic carbocycles. The number of phenolic OH excluding ortho intramolecular Hbond substituents is 1. The predicted octanol–water partition coefficient (Wildman–Crippen LogP) is 1.46. The van der Waals surface area contributed by atoms with E-state index < -0.39 is 4.92 Å². The number of guanidine groups is 1. The Morgan fingerprint density at radius 3 is 2.60 bits per heavy atom. The summed E-state index contributed by atoms with van der Waals surface area (Å²) in [5, 5.41) is 20.2. The zero-order chi connectivity index (χ0) is 17.8. The largest absolute Gasteiger partial charge is 0.508 e. The molecular formula is C16H18N6O3. The van der Waals surface area contributed by atoms with Crippen molar-refractivity contribution in [1.29, 1.82) is 0 Å². The summed E-state index contributed by atoms with van der Waals surface area (Å²) in [4.78, 5) is 22.4. The number of phenols is 1. The maximum Gasteiger partial charge on any atom is 0.287 e. The van der Waals surface area contributed by atoms with Crippen molar-refractivity contribution in [2.45, 2.75) is 0 Å². The van der Waals surface area contributed by atoms with Crippen molar-refractivity contribution in [3.63, 3.8) is 0 Å². The van der Waals surface area contributed by atoms with Crippen LogP contribution >= 0.6 is 0 Å². The molecule has 1 aromatic carbocycles. The van der Waals surface area contributed by atoms with Crippen molar-refractivity contribution in [3.8, 4) is 5.75 Å². The molecule has 3 N–H and O–H groups in total. The molecule has 1 aromatic heterocycles. The summed E-state index contributed by atoms with van der Waals surface area (Å²) >= 11 is 0. The third kappa shape index (κ3) is 3.94. The zero-order valence-electron chi connectivity index (χ0n) is 13.4. The molecule has 9 heteroatoms. The van der Waals surface area contributed by atoms with Crippen molar-refractivity contribution < 1.29 is 10.0 Å². The van der Waals surface area contributed by atoms with Crippen LogP contribution < -0.4 is 10.6 Å². The van der Waals surface area contributed by atoms with E-state index in [0.29, 0.717) is 24.9 Å². The van der Waals surface area contributed by atoms with Crippen molar-refractivity contribution in [3.05, 3.63) is 52.7 Å². The van der Waals surface area contributed by atoms with E-state index in [0.717, 1.165) is 25.0 Å². The first-order valence-corrected chi connectivity index (χ1v) is 7.76. The summed E-state index contributed by atoms with van der Waals surface area (Å²) in [6.07, 6.45) is 1.16. The van der Waals surface area contributed by atoms with Crippen LogP contribution in [-0.2, 0) is 0 Å². The smallest absolute Gasteiger partial charge is 0.287 e. The van der Waals surface area contributed by atoms with Crippen LogP contribution in [0.4, 0.5) is 17.2 Å². The fourth-order valence-electron chi connectivity index (χ4n) is 2.62. The third-order valence-corrected chi connectivity index (χ3v) is 3.97. The number of hydrogen-bond donors (Lipinski definition) is 2. The number of anilines is 1. The fourth-order valence-corrected chi connectivity index (χ4v) is 2.62. The van der Waals surface area contributed by atoms with E-state index in [9.17, 15) is 15.2 Å². The van der Waals surface area contributed by atoms with Crippen LogP contribution in [0.5, 0.6) is 5.75 Å². The minimum atomic E-state index is -0.509. The SMILES string of the molecule is NC(=Nc1ccc([N+](=O)[O-])cn1)N1CCN(c2cccc(O)c2)CC1. The summed E-state index contributed by atoms with van der Waals surface area (Å²) in [5.41, 5.74) is 6.91. The van der Waals surface area contributed by atoms with Crippen LogP contribution in [0, 0.1) is 10.1 Å². The van der Waals surface area contributed by atoms with Gasteiger partial charge in [-0.1, -0.05) is 6.07 Å². The van der Waals surface area contributed by atoms with Crippen LogP contribution in [0.15, 0.2) is 47.6 Å². The third-order valence-electron chi connectivity index (χ3n) is 3.97. The van der Waals surface area contributed by atoms with Gasteiger partial charge in [0.1, 0.15) is 11.9 Å². The number of nitrogens with two attached hydrogens (primary N) is 1. The predicted molar refractivity (Wildman–Crippen MR) is 94.1 cm³/mol. The Kier molecular flexibility index (Phi) is 4.64. The van der Waals surface area contributed by atoms with Gasteiger partial charge in [-0.25, -0.2) is 4.98 Å². The van der Waals surface area contributed by atoms with Crippen LogP contribution in [0.1, 0.15) is 0 Å². The molecule has 0 spiro atoms. The average Bonchev–Trinajstić information content (AvgIpc) is 2.62. The van der Waals surface area contributed by atoms with Gasteiger partial charge in [-0.3, -0.25) is 10.1 Å². The van der Waals surface area contributed by atoms with Gasteiger partial charge in [-0.15, -0.1) is 0 Å². The van der Waals surface area contributed by atoms with E-state index in [1.54, 1.807) is 12.1 Å². The molecule has 130 valence electrons. The van der Waals surface area contributed by atoms with Gasteiger partial charge in [0, 0.05) is 44.0 Å². The first-order valence-electron chi connectivity index (χ1n) is 7.76. The standard InChI is InChI=1S/C16H18N6O3/c17-16(19-15-5-4-13(11-18-15)22(24)25)21-8-6-20(7-9-21)12-2-1-3-14(23)10-12/h1-5,10-11,23H,6-9H2,(H2,17,18,19). The molecule has 1 aliphatic rings. The number of aromatic nitrogens is 1. The first kappa shape index (κ1) is 16.5. The Balaban J connectivity index is 1.62. The Hall–Kier alpha value is -3.36. The Morgan fingerprint density at radius 1 is 1.24 bits per heavy atom. The molecule has 1 saturated heterocycles. The number of nitro groups is 1. The van der Waals surface area contributed by atoms with Crippen molar-refractivity contribution in [1.82, 2.24) is 9.88 Å². The summed E-state index contributed by atoms with van der Waals surface area (Å²) in [5.74, 6) is 0.903. The van der Waals surface area contributed by atoms with E-state index in [1.165, 1.54) is 12.1 Å². The van der Waals surface area contributed by atoms with E-state index in [4.69, 9.17) is 5.73 Å². The Labute approximate surface area is 144 Å². The van der Waals surface area contributed by atoms with E-state index in [-0.39, 0.29) is 11.4 Å². The van der Waals surface area contributed by atoms with Gasteiger partial charge < -0.3 is 20.6 Å². The van der Waals surface area contributed by atoms with Gasteiger partial charge in [-0.05, 0) is 18.2 Å². The van der Waals surface area contributed by atoms with Gasteiger partial charge in [0.2, 0.25) is 0 Å². The average molecular weight is 342 g/mol. The van der Waals surface area contributed by atoms with Crippen LogP contribution in [0.2, 0.25) is 0 Å². The van der Waals surface area contributed by atoms with Gasteiger partial charge >= 0.3 is 0 Å². The number of benzene rings is 1. The number of hydrogen-bond acceptors (Lipinski definition) is 6. The number of pyridine rings is 1. The second kappa shape index (κ2) is 7.04. The Morgan fingerprint density at radius 2 is 2.00 bits per heavy atom. The minimum Gasteiger partial charge on any atom is -0.508 e. The topological polar surface area (TPSA) is 121 Å². The molecule has 0 radical (unpaired) electrons. The lowest BCUT2D eigenvalue weighted by Crippen LogP contribution is -2.51. The monoisotopic (exact) mass is 342 g/mol. The number of rotatable bonds is 3. The maximum absolute atomic E-state index is 10.6. The van der Waals surface area contributed by atoms with Crippen molar-refractivity contribution >= 4 is 23.2 Å². The highest BCUT2D eigenvalue weighted by Crippen LogP contribution is 2.21. The van der Waals surface area contributed by atoms with Gasteiger partial charge in [-0.2, -0.15) is 4.99 Å². The van der Waals surface area contributed by atoms with Crippen molar-refractivity contribution in [2.75, 3.05) is 31.1 Å². The molecule has 9 nitrogen and oxygen atoms in total. The van der Waals surface area contributed by atoms with Crippen LogP contribution in [0.3, 0.4) is 0 Å². The summed E-state index contributed by atoms with van der Waals surface area (Å²) in [6.45, 7) is 2.84. The second-order valence-corrected chi connectivity index (χ2v) is 5.60. The molecule has 25 heavy (non-hydrogen) atoms. The molecular weight excluding hydrogens is 324 g/mol. The molecule has 0 bridgehead atoms. The van der Waals surface area contributed by atoms with E-state index in [2.05, 4.69) is 14.9 Å². The first-order chi connectivity index (χ1) is 12.0. The molecule has 1 aliphatic heterocycles. The highest BCUT2D eigenvalue weighted by molar-refractivity contribution is 5.80. The van der Waals surface area contributed by atoms with E-state index >= 15 is 0 Å². The number of piperazine rings is 1. The number of nitrogens with zero attached hydrogens (tertiary/aromatic N) is 5. The number of aliphatic imine (C=N–C) groups is 1. The zero-order valence-corrected chi connectivity index (χ0v) is 13.4. The van der Waals surface area contributed by atoms with Gasteiger partial charge in [0.25, 0.3) is 5.69 Å². The van der Waals surface area contributed by atoms with Gasteiger partial charge in [0.05, 0.1) is 4.92 Å². The minimum absolute atomic E-state index is 0.0859. The highest BCUT2D eigenvalue weighted by atomic mass is 16.6. The van der Waals surface area contributed by atoms with Crippen LogP contribution in [-0.4, -0.2) is 52.1 Å². The summed E-state index contributed by atoms with van der Waals surface area (Å²) in [7, 11) is 0. The van der Waals surface area contributed by atoms with E-state index in [1.807, 2.05) is 17.0 Å². The lowest BCUT2D eigenvalue weighted by Gasteiger charge is -2.36. The molecule has 3 rings (SSSR count). The van der Waals surface area contributed by atoms with Gasteiger partial charge in [0.15, 0.2) is 11.8 Å². The molecule has 2 aromatic rings. The normalized spacial score (nSPS) is 15.3. The summed E-state index contributed by atoms with van der Waals surface area (Å²) in [6, 6.07) is 9.95. The molecule has 0 unspecified atom stereocenters. The van der Waals surface area contributed by atoms with Crippen LogP contribution in [0.25, 0.3) is 0 Å². The molecule has 2 heterocycles. The fraction of sp³-hybridized carbons (Fsp3) is 0.250.